The first-order chi connectivity index (χ1) is 7.21. The molecule has 0 heterocycles. The van der Waals surface area contributed by atoms with Gasteiger partial charge >= 0.3 is 0 Å². The van der Waals surface area contributed by atoms with E-state index in [-0.39, 0.29) is 0 Å². The fourth-order valence-corrected chi connectivity index (χ4v) is 2.64. The van der Waals surface area contributed by atoms with Crippen molar-refractivity contribution in [1.29, 1.82) is 0 Å². The van der Waals surface area contributed by atoms with E-state index < -0.39 is 0 Å². The average Bonchev–Trinajstić information content (AvgIpc) is 2.67. The van der Waals surface area contributed by atoms with Gasteiger partial charge in [0.2, 0.25) is 0 Å². The molecule has 1 N–H and O–H groups in total. The van der Waals surface area contributed by atoms with Crippen molar-refractivity contribution in [1.82, 2.24) is 10.2 Å². The van der Waals surface area contributed by atoms with Gasteiger partial charge in [0.05, 0.1) is 0 Å². The van der Waals surface area contributed by atoms with Crippen LogP contribution in [0.25, 0.3) is 0 Å². The SMILES string of the molecule is CCCCCNCC1(N(C)C)CCCC1. The molecule has 2 heteroatoms. The third-order valence-electron chi connectivity index (χ3n) is 3.89. The Hall–Kier alpha value is -0.0800. The van der Waals surface area contributed by atoms with E-state index in [0.29, 0.717) is 5.54 Å². The maximum atomic E-state index is 3.64. The Balaban J connectivity index is 2.21. The molecular weight excluding hydrogens is 184 g/mol. The van der Waals surface area contributed by atoms with Crippen LogP contribution in [0.3, 0.4) is 0 Å². The van der Waals surface area contributed by atoms with Gasteiger partial charge in [-0.05, 0) is 39.9 Å². The van der Waals surface area contributed by atoms with Crippen LogP contribution in [0.4, 0.5) is 0 Å². The topological polar surface area (TPSA) is 15.3 Å². The van der Waals surface area contributed by atoms with Gasteiger partial charge in [-0.15, -0.1) is 0 Å². The van der Waals surface area contributed by atoms with Crippen molar-refractivity contribution >= 4 is 0 Å². The zero-order valence-corrected chi connectivity index (χ0v) is 10.8. The Labute approximate surface area is 95.4 Å². The van der Waals surface area contributed by atoms with E-state index in [9.17, 15) is 0 Å². The lowest BCUT2D eigenvalue weighted by molar-refractivity contribution is 0.154. The molecule has 0 aromatic heterocycles. The largest absolute Gasteiger partial charge is 0.315 e. The highest BCUT2D eigenvalue weighted by molar-refractivity contribution is 4.94. The van der Waals surface area contributed by atoms with E-state index >= 15 is 0 Å². The zero-order chi connectivity index (χ0) is 11.1. The summed E-state index contributed by atoms with van der Waals surface area (Å²) < 4.78 is 0. The maximum Gasteiger partial charge on any atom is 0.0327 e. The van der Waals surface area contributed by atoms with Crippen LogP contribution in [0, 0.1) is 0 Å². The molecule has 0 aromatic rings. The third kappa shape index (κ3) is 3.76. The Kier molecular flexibility index (Phi) is 5.62. The van der Waals surface area contributed by atoms with Crippen molar-refractivity contribution in [3.8, 4) is 0 Å². The number of unbranched alkanes of at least 4 members (excludes halogenated alkanes) is 2. The molecule has 2 nitrogen and oxygen atoms in total. The number of nitrogens with one attached hydrogen (secondary N) is 1. The van der Waals surface area contributed by atoms with Gasteiger partial charge in [-0.3, -0.25) is 0 Å². The number of likely N-dealkylation sites (N-methyl/N-ethyl adjacent to an activating group) is 1. The summed E-state index contributed by atoms with van der Waals surface area (Å²) >= 11 is 0. The van der Waals surface area contributed by atoms with Crippen molar-refractivity contribution < 1.29 is 0 Å². The second-order valence-electron chi connectivity index (χ2n) is 5.21. The lowest BCUT2D eigenvalue weighted by atomic mass is 9.96. The van der Waals surface area contributed by atoms with Crippen molar-refractivity contribution in [2.24, 2.45) is 0 Å². The van der Waals surface area contributed by atoms with Crippen LogP contribution >= 0.6 is 0 Å². The fourth-order valence-electron chi connectivity index (χ4n) is 2.64. The van der Waals surface area contributed by atoms with E-state index in [1.807, 2.05) is 0 Å². The fraction of sp³-hybridized carbons (Fsp3) is 1.00. The summed E-state index contributed by atoms with van der Waals surface area (Å²) in [7, 11) is 4.47. The average molecular weight is 212 g/mol. The molecule has 0 aliphatic heterocycles. The first kappa shape index (κ1) is 13.0. The normalized spacial score (nSPS) is 20.0. The first-order valence-corrected chi connectivity index (χ1v) is 6.59. The number of hydrogen-bond donors (Lipinski definition) is 1. The highest BCUT2D eigenvalue weighted by Gasteiger charge is 2.35. The van der Waals surface area contributed by atoms with E-state index in [0.717, 1.165) is 0 Å². The molecule has 1 saturated carbocycles. The molecule has 1 aliphatic rings. The van der Waals surface area contributed by atoms with Gasteiger partial charge in [-0.1, -0.05) is 32.6 Å². The van der Waals surface area contributed by atoms with Crippen LogP contribution < -0.4 is 5.32 Å². The monoisotopic (exact) mass is 212 g/mol. The van der Waals surface area contributed by atoms with Gasteiger partial charge < -0.3 is 10.2 Å². The summed E-state index contributed by atoms with van der Waals surface area (Å²) in [6.07, 6.45) is 9.59. The van der Waals surface area contributed by atoms with Crippen molar-refractivity contribution in [2.45, 2.75) is 57.4 Å². The molecule has 1 fully saturated rings. The lowest BCUT2D eigenvalue weighted by Crippen LogP contribution is -2.49. The van der Waals surface area contributed by atoms with E-state index in [1.165, 1.54) is 58.0 Å². The van der Waals surface area contributed by atoms with Crippen molar-refractivity contribution in [3.05, 3.63) is 0 Å². The summed E-state index contributed by atoms with van der Waals surface area (Å²) in [6, 6.07) is 0. The highest BCUT2D eigenvalue weighted by Crippen LogP contribution is 2.32. The molecule has 0 bridgehead atoms. The van der Waals surface area contributed by atoms with Gasteiger partial charge in [-0.25, -0.2) is 0 Å². The van der Waals surface area contributed by atoms with Crippen LogP contribution in [0.2, 0.25) is 0 Å². The first-order valence-electron chi connectivity index (χ1n) is 6.59. The minimum absolute atomic E-state index is 0.464. The maximum absolute atomic E-state index is 3.64. The number of hydrogen-bond acceptors (Lipinski definition) is 2. The third-order valence-corrected chi connectivity index (χ3v) is 3.89. The summed E-state index contributed by atoms with van der Waals surface area (Å²) in [6.45, 7) is 4.64. The molecule has 90 valence electrons. The van der Waals surface area contributed by atoms with E-state index in [1.54, 1.807) is 0 Å². The lowest BCUT2D eigenvalue weighted by Gasteiger charge is -2.36. The summed E-state index contributed by atoms with van der Waals surface area (Å²) in [5.74, 6) is 0. The Bertz CT molecular complexity index is 160. The van der Waals surface area contributed by atoms with E-state index in [4.69, 9.17) is 0 Å². The van der Waals surface area contributed by atoms with E-state index in [2.05, 4.69) is 31.2 Å². The Morgan fingerprint density at radius 3 is 2.33 bits per heavy atom. The predicted octanol–water partition coefficient (Wildman–Crippen LogP) is 2.64. The number of rotatable bonds is 7. The standard InChI is InChI=1S/C13H28N2/c1-4-5-8-11-14-12-13(15(2)3)9-6-7-10-13/h14H,4-12H2,1-3H3. The second kappa shape index (κ2) is 6.49. The Morgan fingerprint density at radius 2 is 1.80 bits per heavy atom. The van der Waals surface area contributed by atoms with Gasteiger partial charge in [0, 0.05) is 12.1 Å². The van der Waals surface area contributed by atoms with Gasteiger partial charge in [0.15, 0.2) is 0 Å². The molecule has 0 aromatic carbocycles. The van der Waals surface area contributed by atoms with Crippen LogP contribution in [-0.4, -0.2) is 37.6 Å². The molecule has 0 radical (unpaired) electrons. The van der Waals surface area contributed by atoms with Crippen LogP contribution in [-0.2, 0) is 0 Å². The molecule has 0 unspecified atom stereocenters. The summed E-state index contributed by atoms with van der Waals surface area (Å²) in [5.41, 5.74) is 0.464. The molecule has 0 spiro atoms. The van der Waals surface area contributed by atoms with Crippen molar-refractivity contribution in [3.63, 3.8) is 0 Å². The second-order valence-corrected chi connectivity index (χ2v) is 5.21. The van der Waals surface area contributed by atoms with Crippen LogP contribution in [0.1, 0.15) is 51.9 Å². The van der Waals surface area contributed by atoms with Gasteiger partial charge in [0.25, 0.3) is 0 Å². The van der Waals surface area contributed by atoms with Crippen molar-refractivity contribution in [2.75, 3.05) is 27.2 Å². The predicted molar refractivity (Wildman–Crippen MR) is 67.3 cm³/mol. The van der Waals surface area contributed by atoms with Gasteiger partial charge in [-0.2, -0.15) is 0 Å². The Morgan fingerprint density at radius 1 is 1.13 bits per heavy atom. The van der Waals surface area contributed by atoms with Crippen LogP contribution in [0.15, 0.2) is 0 Å². The molecule has 0 amide bonds. The summed E-state index contributed by atoms with van der Waals surface area (Å²) in [5, 5.41) is 3.64. The molecule has 0 atom stereocenters. The number of nitrogens with zero attached hydrogens (tertiary/aromatic N) is 1. The zero-order valence-electron chi connectivity index (χ0n) is 10.8. The van der Waals surface area contributed by atoms with Crippen LogP contribution in [0.5, 0.6) is 0 Å². The highest BCUT2D eigenvalue weighted by atomic mass is 15.2. The molecule has 0 saturated heterocycles. The quantitative estimate of drug-likeness (QED) is 0.653. The minimum atomic E-state index is 0.464. The minimum Gasteiger partial charge on any atom is -0.315 e. The molecule has 15 heavy (non-hydrogen) atoms. The molecule has 1 rings (SSSR count). The molecular formula is C13H28N2. The molecule has 1 aliphatic carbocycles. The summed E-state index contributed by atoms with van der Waals surface area (Å²) in [4.78, 5) is 2.44. The van der Waals surface area contributed by atoms with Gasteiger partial charge in [0.1, 0.15) is 0 Å². The smallest absolute Gasteiger partial charge is 0.0327 e.